The lowest BCUT2D eigenvalue weighted by atomic mass is 9.89. The molecule has 1 aliphatic heterocycles. The first-order valence-electron chi connectivity index (χ1n) is 13.1. The summed E-state index contributed by atoms with van der Waals surface area (Å²) in [6.45, 7) is 7.17. The van der Waals surface area contributed by atoms with Gasteiger partial charge < -0.3 is 24.7 Å². The molecule has 10 nitrogen and oxygen atoms in total. The number of ketones is 2. The van der Waals surface area contributed by atoms with E-state index in [9.17, 15) is 29.1 Å². The summed E-state index contributed by atoms with van der Waals surface area (Å²) >= 11 is 0. The Kier molecular flexibility index (Phi) is 13.1. The third-order valence-corrected chi connectivity index (χ3v) is 6.34. The van der Waals surface area contributed by atoms with E-state index in [0.29, 0.717) is 32.7 Å². The van der Waals surface area contributed by atoms with Crippen LogP contribution >= 0.6 is 0 Å². The normalized spacial score (nSPS) is 16.3. The number of carbonyl (C=O) groups is 5. The highest BCUT2D eigenvalue weighted by Gasteiger charge is 2.31. The number of hydrogen-bond donors (Lipinski definition) is 2. The summed E-state index contributed by atoms with van der Waals surface area (Å²) in [5.41, 5.74) is 0.803. The molecule has 2 N–H and O–H groups in total. The van der Waals surface area contributed by atoms with E-state index in [2.05, 4.69) is 5.32 Å². The van der Waals surface area contributed by atoms with Gasteiger partial charge in [-0.2, -0.15) is 0 Å². The number of rotatable bonds is 16. The van der Waals surface area contributed by atoms with E-state index in [4.69, 9.17) is 9.47 Å². The van der Waals surface area contributed by atoms with Crippen LogP contribution in [0.3, 0.4) is 0 Å². The van der Waals surface area contributed by atoms with Gasteiger partial charge in [0.15, 0.2) is 5.78 Å². The molecular formula is C28H40N2O8. The van der Waals surface area contributed by atoms with Crippen LogP contribution in [-0.4, -0.2) is 84.9 Å². The molecule has 210 valence electrons. The lowest BCUT2D eigenvalue weighted by Crippen LogP contribution is -2.47. The third-order valence-electron chi connectivity index (χ3n) is 6.34. The van der Waals surface area contributed by atoms with E-state index in [1.54, 1.807) is 24.3 Å². The van der Waals surface area contributed by atoms with E-state index >= 15 is 0 Å². The van der Waals surface area contributed by atoms with Gasteiger partial charge in [-0.15, -0.1) is 0 Å². The number of carboxylic acid groups (broad SMARTS) is 1. The monoisotopic (exact) mass is 532 g/mol. The Balaban J connectivity index is 2.03. The van der Waals surface area contributed by atoms with Crippen molar-refractivity contribution in [3.05, 3.63) is 35.9 Å². The van der Waals surface area contributed by atoms with Crippen molar-refractivity contribution < 1.29 is 38.6 Å². The van der Waals surface area contributed by atoms with Gasteiger partial charge in [0.25, 0.3) is 0 Å². The van der Waals surface area contributed by atoms with Crippen LogP contribution in [0, 0.1) is 17.8 Å². The smallest absolute Gasteiger partial charge is 0.320 e. The number of carbonyl (C=O) groups excluding carboxylic acids is 4. The number of hydrogen-bond acceptors (Lipinski definition) is 8. The number of nitrogens with one attached hydrogen (secondary N) is 1. The molecule has 0 radical (unpaired) electrons. The van der Waals surface area contributed by atoms with Crippen molar-refractivity contribution in [1.82, 2.24) is 10.2 Å². The van der Waals surface area contributed by atoms with Gasteiger partial charge in [-0.25, -0.2) is 0 Å². The molecule has 0 aromatic heterocycles. The van der Waals surface area contributed by atoms with E-state index in [0.717, 1.165) is 5.56 Å². The molecule has 2 rings (SSSR count). The molecule has 10 heteroatoms. The molecule has 1 saturated heterocycles. The summed E-state index contributed by atoms with van der Waals surface area (Å²) in [5.74, 6) is -4.66. The SMILES string of the molecule is CC(=O)C[C@@H](COC(=O)CN1CCOCC1)C(=O)N[C@@H](CC(C)C)C(=O)C[C@@H](Cc1ccccc1)C(=O)O. The van der Waals surface area contributed by atoms with E-state index in [-0.39, 0.29) is 49.9 Å². The minimum Gasteiger partial charge on any atom is -0.481 e. The molecule has 1 fully saturated rings. The van der Waals surface area contributed by atoms with Crippen molar-refractivity contribution in [2.24, 2.45) is 17.8 Å². The van der Waals surface area contributed by atoms with Crippen molar-refractivity contribution in [1.29, 1.82) is 0 Å². The Labute approximate surface area is 224 Å². The molecule has 38 heavy (non-hydrogen) atoms. The zero-order valence-corrected chi connectivity index (χ0v) is 22.5. The van der Waals surface area contributed by atoms with Gasteiger partial charge in [-0.3, -0.25) is 24.1 Å². The number of esters is 1. The summed E-state index contributed by atoms with van der Waals surface area (Å²) in [4.78, 5) is 64.3. The van der Waals surface area contributed by atoms with Crippen molar-refractivity contribution >= 4 is 29.4 Å². The Morgan fingerprint density at radius 2 is 1.68 bits per heavy atom. The second-order valence-corrected chi connectivity index (χ2v) is 10.3. The van der Waals surface area contributed by atoms with Crippen molar-refractivity contribution in [3.8, 4) is 0 Å². The zero-order chi connectivity index (χ0) is 28.1. The largest absolute Gasteiger partial charge is 0.481 e. The fraction of sp³-hybridized carbons (Fsp3) is 0.607. The van der Waals surface area contributed by atoms with Crippen molar-refractivity contribution in [2.45, 2.75) is 52.5 Å². The summed E-state index contributed by atoms with van der Waals surface area (Å²) in [6.07, 6.45) is 0.112. The second-order valence-electron chi connectivity index (χ2n) is 10.3. The van der Waals surface area contributed by atoms with Crippen molar-refractivity contribution in [3.63, 3.8) is 0 Å². The number of Topliss-reactive ketones (excluding diaryl/α,β-unsaturated/α-hetero) is 2. The van der Waals surface area contributed by atoms with Crippen LogP contribution in [0.2, 0.25) is 0 Å². The van der Waals surface area contributed by atoms with Gasteiger partial charge in [0.2, 0.25) is 5.91 Å². The fourth-order valence-corrected chi connectivity index (χ4v) is 4.32. The number of morpholine rings is 1. The summed E-state index contributed by atoms with van der Waals surface area (Å²) in [6, 6.07) is 8.14. The topological polar surface area (TPSA) is 139 Å². The van der Waals surface area contributed by atoms with E-state index < -0.39 is 35.7 Å². The van der Waals surface area contributed by atoms with Crippen molar-refractivity contribution in [2.75, 3.05) is 39.5 Å². The average molecular weight is 533 g/mol. The molecule has 1 amide bonds. The summed E-state index contributed by atoms with van der Waals surface area (Å²) in [5, 5.41) is 12.4. The van der Waals surface area contributed by atoms with Crippen LogP contribution in [0.15, 0.2) is 30.3 Å². The first-order valence-corrected chi connectivity index (χ1v) is 13.1. The standard InChI is InChI=1S/C28H40N2O8/c1-19(2)13-24(25(32)16-22(28(35)36)15-21-7-5-4-6-8-21)29-27(34)23(14-20(3)31)18-38-26(33)17-30-9-11-37-12-10-30/h4-8,19,22-24H,9-18H2,1-3H3,(H,29,34)(H,35,36)/t22-,23+,24+/m1/s1. The number of amides is 1. The Bertz CT molecular complexity index is 943. The fourth-order valence-electron chi connectivity index (χ4n) is 4.32. The lowest BCUT2D eigenvalue weighted by molar-refractivity contribution is -0.150. The second kappa shape index (κ2) is 16.0. The third kappa shape index (κ3) is 11.5. The zero-order valence-electron chi connectivity index (χ0n) is 22.5. The molecule has 1 aliphatic rings. The molecule has 0 spiro atoms. The van der Waals surface area contributed by atoms with Gasteiger partial charge >= 0.3 is 11.9 Å². The molecule has 3 atom stereocenters. The molecule has 0 saturated carbocycles. The molecule has 1 heterocycles. The first-order chi connectivity index (χ1) is 18.0. The molecule has 1 aromatic rings. The van der Waals surface area contributed by atoms with Crippen LogP contribution in [0.25, 0.3) is 0 Å². The van der Waals surface area contributed by atoms with Gasteiger partial charge in [-0.1, -0.05) is 44.2 Å². The highest BCUT2D eigenvalue weighted by Crippen LogP contribution is 2.18. The molecule has 0 bridgehead atoms. The predicted molar refractivity (Wildman–Crippen MR) is 139 cm³/mol. The molecule has 0 aliphatic carbocycles. The summed E-state index contributed by atoms with van der Waals surface area (Å²) in [7, 11) is 0. The Morgan fingerprint density at radius 3 is 2.26 bits per heavy atom. The molecule has 0 unspecified atom stereocenters. The van der Waals surface area contributed by atoms with E-state index in [1.807, 2.05) is 24.8 Å². The minimum absolute atomic E-state index is 0.0410. The quantitative estimate of drug-likeness (QED) is 0.306. The van der Waals surface area contributed by atoms with Gasteiger partial charge in [0.05, 0.1) is 37.6 Å². The minimum atomic E-state index is -1.08. The van der Waals surface area contributed by atoms with Crippen LogP contribution in [0.5, 0.6) is 0 Å². The maximum absolute atomic E-state index is 13.2. The predicted octanol–water partition coefficient (Wildman–Crippen LogP) is 1.89. The number of nitrogens with zero attached hydrogens (tertiary/aromatic N) is 1. The van der Waals surface area contributed by atoms with Crippen LogP contribution in [-0.2, 0) is 39.9 Å². The highest BCUT2D eigenvalue weighted by molar-refractivity contribution is 5.93. The molecule has 1 aromatic carbocycles. The Morgan fingerprint density at radius 1 is 1.03 bits per heavy atom. The Hall–Kier alpha value is -3.11. The number of aliphatic carboxylic acids is 1. The highest BCUT2D eigenvalue weighted by atomic mass is 16.5. The van der Waals surface area contributed by atoms with Gasteiger partial charge in [0, 0.05) is 25.9 Å². The van der Waals surface area contributed by atoms with Gasteiger partial charge in [0.1, 0.15) is 12.4 Å². The average Bonchev–Trinajstić information content (AvgIpc) is 2.86. The number of carboxylic acids is 1. The maximum Gasteiger partial charge on any atom is 0.320 e. The van der Waals surface area contributed by atoms with Gasteiger partial charge in [-0.05, 0) is 31.2 Å². The maximum atomic E-state index is 13.2. The van der Waals surface area contributed by atoms with E-state index in [1.165, 1.54) is 6.92 Å². The lowest BCUT2D eigenvalue weighted by Gasteiger charge is -2.26. The number of benzene rings is 1. The van der Waals surface area contributed by atoms with Crippen LogP contribution in [0.1, 0.15) is 45.6 Å². The first kappa shape index (κ1) is 31.1. The summed E-state index contributed by atoms with van der Waals surface area (Å²) < 4.78 is 10.6. The van der Waals surface area contributed by atoms with Crippen LogP contribution in [0.4, 0.5) is 0 Å². The molecular weight excluding hydrogens is 492 g/mol. The number of ether oxygens (including phenoxy) is 2. The van der Waals surface area contributed by atoms with Crippen LogP contribution < -0.4 is 5.32 Å².